The first-order valence-corrected chi connectivity index (χ1v) is 14.2. The van der Waals surface area contributed by atoms with E-state index < -0.39 is 41.6 Å². The second-order valence-electron chi connectivity index (χ2n) is 10.9. The standard InChI is InChI=1S/C33H43N3O6/c1-7-9-10-16-21-36(29(30(38)34-23-28(37)41-6)26-20-15-14-19-25(26)8-2)31(39)27(22-24-17-12-11-13-18-24)35-32(40)42-33(3,4)5/h2,11-15,17-20,27,29H,7,9-10,16,21-23H2,1,3-6H3,(H,34,38)(H,35,40). The first kappa shape index (κ1) is 33.9. The van der Waals surface area contributed by atoms with Crippen molar-refractivity contribution in [3.05, 3.63) is 71.3 Å². The summed E-state index contributed by atoms with van der Waals surface area (Å²) in [7, 11) is 1.22. The van der Waals surface area contributed by atoms with E-state index in [-0.39, 0.29) is 19.5 Å². The second kappa shape index (κ2) is 16.8. The van der Waals surface area contributed by atoms with Crippen molar-refractivity contribution >= 4 is 23.9 Å². The average Bonchev–Trinajstić information content (AvgIpc) is 2.96. The van der Waals surface area contributed by atoms with Crippen LogP contribution in [0.15, 0.2) is 54.6 Å². The number of benzene rings is 2. The smallest absolute Gasteiger partial charge is 0.408 e. The molecule has 9 nitrogen and oxygen atoms in total. The van der Waals surface area contributed by atoms with Crippen molar-refractivity contribution in [1.82, 2.24) is 15.5 Å². The van der Waals surface area contributed by atoms with Crippen LogP contribution in [0.25, 0.3) is 0 Å². The van der Waals surface area contributed by atoms with E-state index in [1.54, 1.807) is 45.0 Å². The molecule has 9 heteroatoms. The molecular formula is C33H43N3O6. The van der Waals surface area contributed by atoms with E-state index in [0.29, 0.717) is 17.5 Å². The minimum atomic E-state index is -1.17. The van der Waals surface area contributed by atoms with Gasteiger partial charge < -0.3 is 25.0 Å². The summed E-state index contributed by atoms with van der Waals surface area (Å²) in [6.07, 6.45) is 8.59. The van der Waals surface area contributed by atoms with Crippen LogP contribution in [0.1, 0.15) is 76.1 Å². The van der Waals surface area contributed by atoms with Crippen LogP contribution < -0.4 is 10.6 Å². The summed E-state index contributed by atoms with van der Waals surface area (Å²) in [5, 5.41) is 5.33. The van der Waals surface area contributed by atoms with Crippen molar-refractivity contribution in [1.29, 1.82) is 0 Å². The maximum absolute atomic E-state index is 14.5. The zero-order valence-electron chi connectivity index (χ0n) is 25.3. The Labute approximate surface area is 249 Å². The number of nitrogens with one attached hydrogen (secondary N) is 2. The first-order chi connectivity index (χ1) is 20.0. The van der Waals surface area contributed by atoms with Crippen molar-refractivity contribution in [3.8, 4) is 12.3 Å². The lowest BCUT2D eigenvalue weighted by Crippen LogP contribution is -2.54. The molecule has 0 aliphatic heterocycles. The molecule has 0 fully saturated rings. The highest BCUT2D eigenvalue weighted by molar-refractivity contribution is 5.93. The largest absolute Gasteiger partial charge is 0.468 e. The summed E-state index contributed by atoms with van der Waals surface area (Å²) in [6, 6.07) is 13.9. The molecule has 2 atom stereocenters. The van der Waals surface area contributed by atoms with Crippen molar-refractivity contribution < 1.29 is 28.7 Å². The number of methoxy groups -OCH3 is 1. The fourth-order valence-electron chi connectivity index (χ4n) is 4.42. The predicted molar refractivity (Wildman–Crippen MR) is 161 cm³/mol. The molecule has 0 aromatic heterocycles. The summed E-state index contributed by atoms with van der Waals surface area (Å²) in [5.41, 5.74) is 0.893. The van der Waals surface area contributed by atoms with E-state index in [1.165, 1.54) is 12.0 Å². The molecule has 2 unspecified atom stereocenters. The maximum atomic E-state index is 14.5. The number of carbonyl (C=O) groups excluding carboxylic acids is 4. The van der Waals surface area contributed by atoms with Gasteiger partial charge >= 0.3 is 12.1 Å². The zero-order chi connectivity index (χ0) is 31.1. The van der Waals surface area contributed by atoms with Gasteiger partial charge in [-0.05, 0) is 44.4 Å². The van der Waals surface area contributed by atoms with Crippen molar-refractivity contribution in [2.45, 2.75) is 77.5 Å². The number of unbranched alkanes of at least 4 members (excludes halogenated alkanes) is 3. The van der Waals surface area contributed by atoms with Gasteiger partial charge in [0.15, 0.2) is 0 Å². The summed E-state index contributed by atoms with van der Waals surface area (Å²) >= 11 is 0. The fourth-order valence-corrected chi connectivity index (χ4v) is 4.42. The minimum Gasteiger partial charge on any atom is -0.468 e. The SMILES string of the molecule is C#Cc1ccccc1C(C(=O)NCC(=O)OC)N(CCCCCC)C(=O)C(Cc1ccccc1)NC(=O)OC(C)(C)C. The topological polar surface area (TPSA) is 114 Å². The van der Waals surface area contributed by atoms with Crippen LogP contribution >= 0.6 is 0 Å². The van der Waals surface area contributed by atoms with Crippen LogP contribution in [0.3, 0.4) is 0 Å². The Morgan fingerprint density at radius 2 is 1.64 bits per heavy atom. The molecule has 0 spiro atoms. The fraction of sp³-hybridized carbons (Fsp3) is 0.455. The highest BCUT2D eigenvalue weighted by Crippen LogP contribution is 2.27. The number of carbonyl (C=O) groups is 4. The molecule has 0 heterocycles. The summed E-state index contributed by atoms with van der Waals surface area (Å²) in [4.78, 5) is 54.5. The Morgan fingerprint density at radius 1 is 0.976 bits per heavy atom. The van der Waals surface area contributed by atoms with E-state index in [9.17, 15) is 19.2 Å². The van der Waals surface area contributed by atoms with Crippen LogP contribution in [-0.4, -0.2) is 60.6 Å². The van der Waals surface area contributed by atoms with Gasteiger partial charge in [-0.3, -0.25) is 14.4 Å². The number of alkyl carbamates (subject to hydrolysis) is 1. The average molecular weight is 578 g/mol. The van der Waals surface area contributed by atoms with Gasteiger partial charge in [-0.1, -0.05) is 80.6 Å². The first-order valence-electron chi connectivity index (χ1n) is 14.2. The molecule has 2 aromatic carbocycles. The van der Waals surface area contributed by atoms with Gasteiger partial charge in [0.2, 0.25) is 11.8 Å². The van der Waals surface area contributed by atoms with Crippen LogP contribution in [0.2, 0.25) is 0 Å². The molecule has 2 rings (SSSR count). The molecule has 0 saturated carbocycles. The Hall–Kier alpha value is -4.32. The highest BCUT2D eigenvalue weighted by atomic mass is 16.6. The summed E-state index contributed by atoms with van der Waals surface area (Å²) in [5.74, 6) is 0.892. The van der Waals surface area contributed by atoms with Gasteiger partial charge in [-0.25, -0.2) is 4.79 Å². The predicted octanol–water partition coefficient (Wildman–Crippen LogP) is 4.54. The Balaban J connectivity index is 2.60. The lowest BCUT2D eigenvalue weighted by Gasteiger charge is -2.35. The maximum Gasteiger partial charge on any atom is 0.408 e. The molecule has 0 saturated heterocycles. The molecular weight excluding hydrogens is 534 g/mol. The molecule has 2 N–H and O–H groups in total. The van der Waals surface area contributed by atoms with Gasteiger partial charge in [-0.15, -0.1) is 6.42 Å². The third kappa shape index (κ3) is 10.9. The van der Waals surface area contributed by atoms with E-state index in [1.807, 2.05) is 30.3 Å². The van der Waals surface area contributed by atoms with Gasteiger partial charge in [0.25, 0.3) is 0 Å². The zero-order valence-corrected chi connectivity index (χ0v) is 25.3. The van der Waals surface area contributed by atoms with Crippen molar-refractivity contribution in [3.63, 3.8) is 0 Å². The third-order valence-electron chi connectivity index (χ3n) is 6.41. The molecule has 42 heavy (non-hydrogen) atoms. The number of amides is 3. The van der Waals surface area contributed by atoms with E-state index in [2.05, 4.69) is 23.5 Å². The Bertz CT molecular complexity index is 1230. The number of nitrogens with zero attached hydrogens (tertiary/aromatic N) is 1. The van der Waals surface area contributed by atoms with Crippen molar-refractivity contribution in [2.24, 2.45) is 0 Å². The third-order valence-corrected chi connectivity index (χ3v) is 6.41. The number of hydrogen-bond donors (Lipinski definition) is 2. The summed E-state index contributed by atoms with van der Waals surface area (Å²) in [6.45, 7) is 7.12. The summed E-state index contributed by atoms with van der Waals surface area (Å²) < 4.78 is 10.2. The Morgan fingerprint density at radius 3 is 2.26 bits per heavy atom. The van der Waals surface area contributed by atoms with Crippen molar-refractivity contribution in [2.75, 3.05) is 20.2 Å². The van der Waals surface area contributed by atoms with Gasteiger partial charge in [-0.2, -0.15) is 0 Å². The van der Waals surface area contributed by atoms with Gasteiger partial charge in [0.1, 0.15) is 24.2 Å². The Kier molecular flexibility index (Phi) is 13.6. The van der Waals surface area contributed by atoms with Crippen LogP contribution in [0.4, 0.5) is 4.79 Å². The number of terminal acetylenes is 1. The molecule has 226 valence electrons. The van der Waals surface area contributed by atoms with E-state index in [0.717, 1.165) is 24.8 Å². The minimum absolute atomic E-state index is 0.164. The lowest BCUT2D eigenvalue weighted by atomic mass is 9.96. The lowest BCUT2D eigenvalue weighted by molar-refractivity contribution is -0.144. The monoisotopic (exact) mass is 577 g/mol. The number of rotatable bonds is 14. The highest BCUT2D eigenvalue weighted by Gasteiger charge is 2.37. The molecule has 0 aliphatic rings. The van der Waals surface area contributed by atoms with Crippen LogP contribution in [-0.2, 0) is 30.3 Å². The number of hydrogen-bond acceptors (Lipinski definition) is 6. The number of ether oxygens (including phenoxy) is 2. The van der Waals surface area contributed by atoms with Crippen LogP contribution in [0.5, 0.6) is 0 Å². The molecule has 0 radical (unpaired) electrons. The quantitative estimate of drug-likeness (QED) is 0.194. The van der Waals surface area contributed by atoms with E-state index in [4.69, 9.17) is 15.9 Å². The van der Waals surface area contributed by atoms with Gasteiger partial charge in [0.05, 0.1) is 7.11 Å². The van der Waals surface area contributed by atoms with E-state index >= 15 is 0 Å². The van der Waals surface area contributed by atoms with Crippen LogP contribution in [0, 0.1) is 12.3 Å². The number of esters is 1. The molecule has 3 amide bonds. The molecule has 2 aromatic rings. The second-order valence-corrected chi connectivity index (χ2v) is 10.9. The normalized spacial score (nSPS) is 12.3. The van der Waals surface area contributed by atoms with Gasteiger partial charge in [0, 0.05) is 18.5 Å². The molecule has 0 bridgehead atoms. The molecule has 0 aliphatic carbocycles.